The van der Waals surface area contributed by atoms with Crippen molar-refractivity contribution in [1.29, 1.82) is 0 Å². The topological polar surface area (TPSA) is 38.9 Å². The van der Waals surface area contributed by atoms with E-state index in [2.05, 4.69) is 31.8 Å². The summed E-state index contributed by atoms with van der Waals surface area (Å²) in [5, 5.41) is 0.693. The molecule has 1 aromatic carbocycles. The fourth-order valence-electron chi connectivity index (χ4n) is 2.62. The molecular weight excluding hydrogens is 228 g/mol. The summed E-state index contributed by atoms with van der Waals surface area (Å²) in [4.78, 5) is 4.47. The first-order chi connectivity index (χ1) is 8.08. The summed E-state index contributed by atoms with van der Waals surface area (Å²) >= 11 is 1.65. The van der Waals surface area contributed by atoms with Crippen molar-refractivity contribution in [3.05, 3.63) is 22.8 Å². The average Bonchev–Trinajstić information content (AvgIpc) is 3.00. The Balaban J connectivity index is 2.36. The van der Waals surface area contributed by atoms with Gasteiger partial charge in [-0.25, -0.2) is 4.98 Å². The second-order valence-corrected chi connectivity index (χ2v) is 6.39. The summed E-state index contributed by atoms with van der Waals surface area (Å²) in [6.07, 6.45) is 2.69. The summed E-state index contributed by atoms with van der Waals surface area (Å²) < 4.78 is 1.32. The normalized spacial score (nSPS) is 16.0. The number of hydrogen-bond donors (Lipinski definition) is 1. The molecule has 1 heterocycles. The molecule has 0 spiro atoms. The third-order valence-electron chi connectivity index (χ3n) is 3.54. The van der Waals surface area contributed by atoms with Gasteiger partial charge < -0.3 is 5.73 Å². The summed E-state index contributed by atoms with van der Waals surface area (Å²) in [6, 6.07) is 2.34. The quantitative estimate of drug-likeness (QED) is 0.863. The van der Waals surface area contributed by atoms with Gasteiger partial charge in [-0.3, -0.25) is 0 Å². The van der Waals surface area contributed by atoms with E-state index >= 15 is 0 Å². The summed E-state index contributed by atoms with van der Waals surface area (Å²) in [5.74, 6) is 1.34. The van der Waals surface area contributed by atoms with Gasteiger partial charge in [0, 0.05) is 0 Å². The van der Waals surface area contributed by atoms with Crippen molar-refractivity contribution < 1.29 is 0 Å². The van der Waals surface area contributed by atoms with E-state index < -0.39 is 0 Å². The molecule has 2 nitrogen and oxygen atoms in total. The molecule has 17 heavy (non-hydrogen) atoms. The lowest BCUT2D eigenvalue weighted by atomic mass is 9.92. The van der Waals surface area contributed by atoms with E-state index in [4.69, 9.17) is 5.73 Å². The Kier molecular flexibility index (Phi) is 2.40. The van der Waals surface area contributed by atoms with Crippen molar-refractivity contribution >= 4 is 26.7 Å². The Bertz CT molecular complexity index is 579. The number of hydrogen-bond acceptors (Lipinski definition) is 3. The lowest BCUT2D eigenvalue weighted by molar-refractivity contribution is 0.853. The van der Waals surface area contributed by atoms with Crippen LogP contribution >= 0.6 is 11.3 Å². The van der Waals surface area contributed by atoms with Gasteiger partial charge in [0.15, 0.2) is 5.13 Å². The number of nitrogens with zero attached hydrogens (tertiary/aromatic N) is 1. The van der Waals surface area contributed by atoms with Crippen molar-refractivity contribution in [1.82, 2.24) is 4.98 Å². The summed E-state index contributed by atoms with van der Waals surface area (Å²) in [7, 11) is 0. The van der Waals surface area contributed by atoms with Gasteiger partial charge >= 0.3 is 0 Å². The van der Waals surface area contributed by atoms with Crippen LogP contribution in [0, 0.1) is 6.92 Å². The Morgan fingerprint density at radius 2 is 2.12 bits per heavy atom. The molecule has 1 aromatic heterocycles. The Labute approximate surface area is 106 Å². The molecule has 0 bridgehead atoms. The van der Waals surface area contributed by atoms with Gasteiger partial charge in [0.1, 0.15) is 0 Å². The maximum Gasteiger partial charge on any atom is 0.181 e. The summed E-state index contributed by atoms with van der Waals surface area (Å²) in [6.45, 7) is 6.69. The zero-order valence-electron chi connectivity index (χ0n) is 10.6. The van der Waals surface area contributed by atoms with Gasteiger partial charge in [-0.2, -0.15) is 0 Å². The van der Waals surface area contributed by atoms with Crippen LogP contribution in [0.1, 0.15) is 55.2 Å². The fraction of sp³-hybridized carbons (Fsp3) is 0.500. The predicted molar refractivity (Wildman–Crippen MR) is 74.8 cm³/mol. The Hall–Kier alpha value is -1.09. The number of rotatable bonds is 2. The van der Waals surface area contributed by atoms with Crippen LogP contribution in [-0.4, -0.2) is 4.98 Å². The SMILES string of the molecule is Cc1cc(C2CC2)c(C(C)C)c2sc(N)nc12. The number of aryl methyl sites for hydroxylation is 1. The highest BCUT2D eigenvalue weighted by molar-refractivity contribution is 7.22. The van der Waals surface area contributed by atoms with Crippen LogP contribution in [0.25, 0.3) is 10.2 Å². The second-order valence-electron chi connectivity index (χ2n) is 5.36. The Morgan fingerprint density at radius 3 is 2.71 bits per heavy atom. The van der Waals surface area contributed by atoms with Crippen LogP contribution in [0.5, 0.6) is 0 Å². The second kappa shape index (κ2) is 3.70. The molecule has 2 aromatic rings. The van der Waals surface area contributed by atoms with E-state index in [0.717, 1.165) is 11.4 Å². The monoisotopic (exact) mass is 246 g/mol. The molecule has 0 amide bonds. The first-order valence-electron chi connectivity index (χ1n) is 6.27. The van der Waals surface area contributed by atoms with Crippen LogP contribution < -0.4 is 5.73 Å². The summed E-state index contributed by atoms with van der Waals surface area (Å²) in [5.41, 5.74) is 11.3. The standard InChI is InChI=1S/C14H18N2S/c1-7(2)11-10(9-4-5-9)6-8(3)12-13(11)17-14(15)16-12/h6-7,9H,4-5H2,1-3H3,(H2,15,16). The minimum atomic E-state index is 0.550. The third-order valence-corrected chi connectivity index (χ3v) is 4.46. The molecule has 3 rings (SSSR count). The van der Waals surface area contributed by atoms with Crippen molar-refractivity contribution in [2.45, 2.75) is 45.4 Å². The maximum atomic E-state index is 5.88. The molecule has 0 saturated heterocycles. The predicted octanol–water partition coefficient (Wildman–Crippen LogP) is 4.19. The minimum Gasteiger partial charge on any atom is -0.375 e. The molecule has 0 unspecified atom stereocenters. The van der Waals surface area contributed by atoms with Gasteiger partial charge in [0.25, 0.3) is 0 Å². The maximum absolute atomic E-state index is 5.88. The molecule has 90 valence electrons. The van der Waals surface area contributed by atoms with E-state index in [1.807, 2.05) is 0 Å². The number of fused-ring (bicyclic) bond motifs is 1. The van der Waals surface area contributed by atoms with Gasteiger partial charge in [-0.1, -0.05) is 31.3 Å². The number of aromatic nitrogens is 1. The van der Waals surface area contributed by atoms with Crippen LogP contribution in [0.15, 0.2) is 6.07 Å². The lowest BCUT2D eigenvalue weighted by Crippen LogP contribution is -1.97. The molecule has 1 aliphatic carbocycles. The first kappa shape index (κ1) is 11.0. The third kappa shape index (κ3) is 1.73. The van der Waals surface area contributed by atoms with Crippen LogP contribution in [0.3, 0.4) is 0 Å². The fourth-order valence-corrected chi connectivity index (χ4v) is 3.74. The number of anilines is 1. The molecule has 2 N–H and O–H groups in total. The molecular formula is C14H18N2S. The van der Waals surface area contributed by atoms with Crippen molar-refractivity contribution in [3.63, 3.8) is 0 Å². The Morgan fingerprint density at radius 1 is 1.41 bits per heavy atom. The number of thiazole rings is 1. The van der Waals surface area contributed by atoms with E-state index in [0.29, 0.717) is 11.0 Å². The highest BCUT2D eigenvalue weighted by atomic mass is 32.1. The smallest absolute Gasteiger partial charge is 0.181 e. The molecule has 0 aliphatic heterocycles. The largest absolute Gasteiger partial charge is 0.375 e. The number of nitrogens with two attached hydrogens (primary N) is 1. The average molecular weight is 246 g/mol. The zero-order chi connectivity index (χ0) is 12.2. The van der Waals surface area contributed by atoms with Gasteiger partial charge in [-0.05, 0) is 48.3 Å². The van der Waals surface area contributed by atoms with Crippen LogP contribution in [-0.2, 0) is 0 Å². The van der Waals surface area contributed by atoms with Gasteiger partial charge in [-0.15, -0.1) is 0 Å². The van der Waals surface area contributed by atoms with Crippen LogP contribution in [0.4, 0.5) is 5.13 Å². The highest BCUT2D eigenvalue weighted by Gasteiger charge is 2.29. The van der Waals surface area contributed by atoms with Crippen molar-refractivity contribution in [2.75, 3.05) is 5.73 Å². The highest BCUT2D eigenvalue weighted by Crippen LogP contribution is 2.47. The van der Waals surface area contributed by atoms with Crippen LogP contribution in [0.2, 0.25) is 0 Å². The molecule has 1 aliphatic rings. The van der Waals surface area contributed by atoms with E-state index in [-0.39, 0.29) is 0 Å². The number of nitrogen functional groups attached to an aromatic ring is 1. The molecule has 0 atom stereocenters. The first-order valence-corrected chi connectivity index (χ1v) is 7.09. The van der Waals surface area contributed by atoms with Crippen molar-refractivity contribution in [2.24, 2.45) is 0 Å². The molecule has 0 radical (unpaired) electrons. The molecule has 3 heteroatoms. The number of benzene rings is 1. The van der Waals surface area contributed by atoms with E-state index in [9.17, 15) is 0 Å². The van der Waals surface area contributed by atoms with E-state index in [1.165, 1.54) is 28.7 Å². The lowest BCUT2D eigenvalue weighted by Gasteiger charge is -2.14. The zero-order valence-corrected chi connectivity index (χ0v) is 11.4. The van der Waals surface area contributed by atoms with E-state index in [1.54, 1.807) is 16.9 Å². The molecule has 1 fully saturated rings. The minimum absolute atomic E-state index is 0.550. The van der Waals surface area contributed by atoms with Crippen molar-refractivity contribution in [3.8, 4) is 0 Å². The van der Waals surface area contributed by atoms with Gasteiger partial charge in [0.05, 0.1) is 10.2 Å². The molecule has 1 saturated carbocycles. The van der Waals surface area contributed by atoms with Gasteiger partial charge in [0.2, 0.25) is 0 Å².